The molecule has 1 atom stereocenters. The van der Waals surface area contributed by atoms with E-state index in [0.29, 0.717) is 48.5 Å². The summed E-state index contributed by atoms with van der Waals surface area (Å²) in [6.45, 7) is 2.18. The number of hydrogen-bond acceptors (Lipinski definition) is 10. The monoisotopic (exact) mass is 651 g/mol. The Kier molecular flexibility index (Phi) is 13.5. The summed E-state index contributed by atoms with van der Waals surface area (Å²) in [6.07, 6.45) is 6.18. The Morgan fingerprint density at radius 2 is 1.91 bits per heavy atom. The highest BCUT2D eigenvalue weighted by molar-refractivity contribution is 5.96. The van der Waals surface area contributed by atoms with Crippen LogP contribution in [0.15, 0.2) is 48.9 Å². The van der Waals surface area contributed by atoms with Crippen LogP contribution in [-0.4, -0.2) is 70.0 Å². The fourth-order valence-electron chi connectivity index (χ4n) is 4.54. The Hall–Kier alpha value is -5.66. The number of anilines is 2. The van der Waals surface area contributed by atoms with Crippen molar-refractivity contribution in [2.45, 2.75) is 32.2 Å². The molecule has 0 aliphatic rings. The Morgan fingerprint density at radius 3 is 2.62 bits per heavy atom. The van der Waals surface area contributed by atoms with Gasteiger partial charge >= 0.3 is 0 Å². The summed E-state index contributed by atoms with van der Waals surface area (Å²) in [6, 6.07) is 8.90. The number of rotatable bonds is 14. The molecule has 4 aromatic rings. The summed E-state index contributed by atoms with van der Waals surface area (Å²) in [7, 11) is 0. The van der Waals surface area contributed by atoms with Gasteiger partial charge in [0.05, 0.1) is 17.9 Å². The summed E-state index contributed by atoms with van der Waals surface area (Å²) in [5.41, 5.74) is 13.8. The highest BCUT2D eigenvalue weighted by Gasteiger charge is 2.20. The molecule has 2 amide bonds. The van der Waals surface area contributed by atoms with E-state index in [2.05, 4.69) is 25.9 Å². The third-order valence-corrected chi connectivity index (χ3v) is 6.80. The molecule has 0 fully saturated rings. The molecular formula is C31H35F2N9O5. The minimum Gasteiger partial charge on any atom is -0.483 e. The topological polar surface area (TPSA) is 223 Å². The lowest BCUT2D eigenvalue weighted by molar-refractivity contribution is -0.123. The lowest BCUT2D eigenvalue weighted by Crippen LogP contribution is -2.43. The molecule has 2 aromatic heterocycles. The molecule has 47 heavy (non-hydrogen) atoms. The van der Waals surface area contributed by atoms with Crippen LogP contribution in [0.3, 0.4) is 0 Å². The maximum Gasteiger partial charge on any atom is 0.290 e. The number of carbonyl (C=O) groups is 3. The smallest absolute Gasteiger partial charge is 0.290 e. The largest absolute Gasteiger partial charge is 0.483 e. The SMILES string of the molecule is CCc1cc(Nc2nccn3c(-c4ccc(OCC#N)c(F)c4F)cnc23)ccc1C(=O)NCCNC(=O)[C@@H](N)CCCN.O=CO. The third-order valence-electron chi connectivity index (χ3n) is 6.80. The Labute approximate surface area is 268 Å². The van der Waals surface area contributed by atoms with Gasteiger partial charge in [0.1, 0.15) is 6.07 Å². The van der Waals surface area contributed by atoms with Gasteiger partial charge in [0.25, 0.3) is 12.4 Å². The number of nitriles is 1. The first kappa shape index (κ1) is 35.8. The zero-order chi connectivity index (χ0) is 34.3. The van der Waals surface area contributed by atoms with Gasteiger partial charge < -0.3 is 37.3 Å². The predicted molar refractivity (Wildman–Crippen MR) is 169 cm³/mol. The number of imidazole rings is 1. The van der Waals surface area contributed by atoms with Crippen molar-refractivity contribution in [2.24, 2.45) is 11.5 Å². The van der Waals surface area contributed by atoms with Crippen LogP contribution in [0.1, 0.15) is 35.7 Å². The molecule has 0 bridgehead atoms. The van der Waals surface area contributed by atoms with Gasteiger partial charge in [-0.3, -0.25) is 18.8 Å². The number of amides is 2. The molecule has 0 aliphatic carbocycles. The summed E-state index contributed by atoms with van der Waals surface area (Å²) in [5, 5.41) is 24.2. The van der Waals surface area contributed by atoms with Crippen molar-refractivity contribution >= 4 is 35.4 Å². The minimum absolute atomic E-state index is 0.0471. The first-order valence-corrected chi connectivity index (χ1v) is 14.5. The predicted octanol–water partition coefficient (Wildman–Crippen LogP) is 2.50. The zero-order valence-corrected chi connectivity index (χ0v) is 25.5. The van der Waals surface area contributed by atoms with Crippen molar-refractivity contribution in [3.63, 3.8) is 0 Å². The van der Waals surface area contributed by atoms with Crippen LogP contribution in [0.5, 0.6) is 5.75 Å². The molecule has 4 rings (SSSR count). The van der Waals surface area contributed by atoms with E-state index in [9.17, 15) is 18.4 Å². The number of aromatic nitrogens is 3. The maximum absolute atomic E-state index is 15.0. The average Bonchev–Trinajstić information content (AvgIpc) is 3.51. The Bertz CT molecular complexity index is 1740. The fourth-order valence-corrected chi connectivity index (χ4v) is 4.54. The van der Waals surface area contributed by atoms with E-state index in [1.54, 1.807) is 28.8 Å². The second kappa shape index (κ2) is 17.7. The van der Waals surface area contributed by atoms with E-state index in [1.807, 2.05) is 13.0 Å². The van der Waals surface area contributed by atoms with E-state index >= 15 is 0 Å². The van der Waals surface area contributed by atoms with Crippen molar-refractivity contribution < 1.29 is 33.0 Å². The van der Waals surface area contributed by atoms with Crippen LogP contribution >= 0.6 is 0 Å². The molecule has 0 saturated heterocycles. The quantitative estimate of drug-likeness (QED) is 0.0858. The normalized spacial score (nSPS) is 11.1. The summed E-state index contributed by atoms with van der Waals surface area (Å²) in [4.78, 5) is 42.0. The van der Waals surface area contributed by atoms with Gasteiger partial charge in [0.15, 0.2) is 29.6 Å². The number of fused-ring (bicyclic) bond motifs is 1. The van der Waals surface area contributed by atoms with E-state index in [1.165, 1.54) is 24.5 Å². The fraction of sp³-hybridized carbons (Fsp3) is 0.290. The summed E-state index contributed by atoms with van der Waals surface area (Å²) in [5.74, 6) is -2.92. The number of carbonyl (C=O) groups excluding carboxylic acids is 2. The molecule has 0 saturated carbocycles. The minimum atomic E-state index is -1.20. The van der Waals surface area contributed by atoms with Crippen LogP contribution in [0.4, 0.5) is 20.3 Å². The van der Waals surface area contributed by atoms with Crippen LogP contribution in [0.2, 0.25) is 0 Å². The number of aryl methyl sites for hydroxylation is 1. The van der Waals surface area contributed by atoms with Gasteiger partial charge in [-0.25, -0.2) is 14.4 Å². The number of halogens is 2. The first-order valence-electron chi connectivity index (χ1n) is 14.5. The van der Waals surface area contributed by atoms with Gasteiger partial charge in [-0.15, -0.1) is 0 Å². The molecule has 16 heteroatoms. The number of nitrogens with one attached hydrogen (secondary N) is 3. The Morgan fingerprint density at radius 1 is 1.17 bits per heavy atom. The van der Waals surface area contributed by atoms with E-state index < -0.39 is 24.3 Å². The van der Waals surface area contributed by atoms with Gasteiger partial charge in [-0.2, -0.15) is 9.65 Å². The van der Waals surface area contributed by atoms with Crippen LogP contribution in [0, 0.1) is 23.0 Å². The number of nitrogens with zero attached hydrogens (tertiary/aromatic N) is 4. The molecule has 8 N–H and O–H groups in total. The van der Waals surface area contributed by atoms with Crippen molar-refractivity contribution in [3.8, 4) is 23.1 Å². The number of benzene rings is 2. The molecule has 0 aliphatic heterocycles. The number of ether oxygens (including phenoxy) is 1. The van der Waals surface area contributed by atoms with Gasteiger partial charge in [-0.1, -0.05) is 6.92 Å². The molecule has 0 radical (unpaired) electrons. The van der Waals surface area contributed by atoms with Crippen molar-refractivity contribution in [1.82, 2.24) is 25.0 Å². The van der Waals surface area contributed by atoms with Crippen molar-refractivity contribution in [2.75, 3.05) is 31.6 Å². The van der Waals surface area contributed by atoms with E-state index in [4.69, 9.17) is 31.4 Å². The molecule has 2 aromatic carbocycles. The molecule has 2 heterocycles. The number of hydrogen-bond donors (Lipinski definition) is 6. The van der Waals surface area contributed by atoms with Gasteiger partial charge in [-0.05, 0) is 61.7 Å². The van der Waals surface area contributed by atoms with Crippen LogP contribution < -0.4 is 32.2 Å². The van der Waals surface area contributed by atoms with E-state index in [0.717, 1.165) is 5.56 Å². The lowest BCUT2D eigenvalue weighted by atomic mass is 10.0. The summed E-state index contributed by atoms with van der Waals surface area (Å²) < 4.78 is 36.0. The molecular weight excluding hydrogens is 616 g/mol. The van der Waals surface area contributed by atoms with Gasteiger partial charge in [0.2, 0.25) is 11.7 Å². The van der Waals surface area contributed by atoms with Crippen LogP contribution in [-0.2, 0) is 16.0 Å². The second-order valence-electron chi connectivity index (χ2n) is 9.84. The number of carboxylic acid groups (broad SMARTS) is 1. The first-order chi connectivity index (χ1) is 22.7. The maximum atomic E-state index is 15.0. The highest BCUT2D eigenvalue weighted by atomic mass is 19.2. The third kappa shape index (κ3) is 9.19. The zero-order valence-electron chi connectivity index (χ0n) is 25.5. The molecule has 248 valence electrons. The molecule has 0 spiro atoms. The second-order valence-corrected chi connectivity index (χ2v) is 9.84. The highest BCUT2D eigenvalue weighted by Crippen LogP contribution is 2.32. The van der Waals surface area contributed by atoms with Crippen molar-refractivity contribution in [3.05, 3.63) is 71.7 Å². The number of nitrogens with two attached hydrogens (primary N) is 2. The van der Waals surface area contributed by atoms with Crippen molar-refractivity contribution in [1.29, 1.82) is 5.26 Å². The lowest BCUT2D eigenvalue weighted by Gasteiger charge is -2.14. The average molecular weight is 652 g/mol. The van der Waals surface area contributed by atoms with E-state index in [-0.39, 0.29) is 48.4 Å². The Balaban J connectivity index is 0.00000192. The van der Waals surface area contributed by atoms with Crippen LogP contribution in [0.25, 0.3) is 16.9 Å². The molecule has 0 unspecified atom stereocenters. The standard InChI is InChI=1S/C30H33F2N9O3.CH2O2/c1-2-18-16-19(5-6-20(18)29(42)37-11-12-38-30(43)22(35)4-3-9-33)40-27-28-39-17-23(41(28)14-13-36-27)21-7-8-24(44-15-10-34)26(32)25(21)31;2-1-3/h5-8,13-14,16-17,22H,2-4,9,11-12,15,33,35H2,1H3,(H,36,40)(H,37,42)(H,38,43);1H,(H,2,3)/t22-;/m0./s1. The molecule has 14 nitrogen and oxygen atoms in total. The summed E-state index contributed by atoms with van der Waals surface area (Å²) >= 11 is 0. The van der Waals surface area contributed by atoms with Gasteiger partial charge in [0, 0.05) is 42.3 Å².